The third-order valence-electron chi connectivity index (χ3n) is 8.96. The number of urea groups is 1. The minimum atomic E-state index is -0.755. The number of thiophene rings is 1. The van der Waals surface area contributed by atoms with Crippen LogP contribution in [0.4, 0.5) is 21.9 Å². The predicted octanol–water partition coefficient (Wildman–Crippen LogP) is 7.72. The van der Waals surface area contributed by atoms with E-state index in [1.807, 2.05) is 55.5 Å². The van der Waals surface area contributed by atoms with Crippen LogP contribution < -0.4 is 20.3 Å². The van der Waals surface area contributed by atoms with Crippen LogP contribution in [0.3, 0.4) is 0 Å². The summed E-state index contributed by atoms with van der Waals surface area (Å²) in [6.45, 7) is 2.87. The quantitative estimate of drug-likeness (QED) is 0.102. The predicted molar refractivity (Wildman–Crippen MR) is 191 cm³/mol. The molecule has 7 rings (SSSR count). The monoisotopic (exact) mass is 679 g/mol. The smallest absolute Gasteiger partial charge is 0.331 e. The van der Waals surface area contributed by atoms with Gasteiger partial charge in [0.2, 0.25) is 5.91 Å². The van der Waals surface area contributed by atoms with Gasteiger partial charge in [0.25, 0.3) is 5.91 Å². The number of pyridine rings is 1. The number of nitrogens with one attached hydrogen (secondary N) is 2. The number of likely N-dealkylation sites (tertiary alicyclic amines) is 1. The zero-order valence-electron chi connectivity index (χ0n) is 26.6. The molecule has 4 amide bonds. The first-order chi connectivity index (χ1) is 23.3. The molecule has 0 bridgehead atoms. The molecule has 3 aliphatic rings. The number of halogens is 1. The second-order valence-electron chi connectivity index (χ2n) is 12.5. The first-order valence-electron chi connectivity index (χ1n) is 16.3. The van der Waals surface area contributed by atoms with Crippen molar-refractivity contribution < 1.29 is 19.1 Å². The van der Waals surface area contributed by atoms with Gasteiger partial charge < -0.3 is 20.3 Å². The van der Waals surface area contributed by atoms with Gasteiger partial charge in [0.1, 0.15) is 26.6 Å². The Morgan fingerprint density at radius 2 is 1.96 bits per heavy atom. The molecular weight excluding hydrogens is 645 g/mol. The number of para-hydroxylation sites is 1. The van der Waals surface area contributed by atoms with E-state index in [2.05, 4.69) is 21.7 Å². The normalized spacial score (nSPS) is 18.4. The van der Waals surface area contributed by atoms with Crippen molar-refractivity contribution in [3.05, 3.63) is 82.9 Å². The van der Waals surface area contributed by atoms with Crippen LogP contribution >= 0.6 is 22.9 Å². The molecule has 2 aromatic heterocycles. The van der Waals surface area contributed by atoms with Crippen molar-refractivity contribution in [2.45, 2.75) is 56.8 Å². The number of alkyl halides is 1. The van der Waals surface area contributed by atoms with Crippen molar-refractivity contribution in [3.8, 4) is 11.5 Å². The molecule has 12 heteroatoms. The van der Waals surface area contributed by atoms with E-state index in [1.54, 1.807) is 22.1 Å². The fourth-order valence-corrected chi connectivity index (χ4v) is 7.78. The zero-order valence-corrected chi connectivity index (χ0v) is 28.2. The fourth-order valence-electron chi connectivity index (χ4n) is 6.44. The lowest BCUT2D eigenvalue weighted by Gasteiger charge is -2.34. The number of carbonyl (C=O) groups excluding carboxylic acids is 3. The fraction of sp³-hybridized carbons (Fsp3) is 0.333. The van der Waals surface area contributed by atoms with Crippen LogP contribution in [-0.4, -0.2) is 60.1 Å². The largest absolute Gasteiger partial charge is 0.457 e. The molecule has 4 heterocycles. The van der Waals surface area contributed by atoms with Crippen molar-refractivity contribution in [1.29, 1.82) is 0 Å². The lowest BCUT2D eigenvalue weighted by molar-refractivity contribution is -0.131. The summed E-state index contributed by atoms with van der Waals surface area (Å²) in [6, 6.07) is 16.2. The van der Waals surface area contributed by atoms with Crippen LogP contribution in [0.5, 0.6) is 11.5 Å². The van der Waals surface area contributed by atoms with E-state index in [0.29, 0.717) is 69.7 Å². The topological polar surface area (TPSA) is 104 Å². The Kier molecular flexibility index (Phi) is 9.16. The van der Waals surface area contributed by atoms with E-state index in [1.165, 1.54) is 11.3 Å². The Labute approximate surface area is 289 Å². The standard InChI is InChI=1S/C36H35BClN5O4S/c1-21-18-26(47-25-7-3-2-4-8-25)11-12-27(21)43-28-14-16-39-34-29(28)31(41-36(43)46)32(48-34)33(44)40-24-6-5-17-42(20-24)35(45)30(38)23(13-15-37)19-22-9-10-22/h2-4,7-8,11-12,14,16,18-19,22,24,30H,5-6,9-10,13,15,17,20H2,1H3,(H,40,44)(H,41,46)/b23-19-/t24-,30?/m1/s1. The maximum Gasteiger partial charge on any atom is 0.331 e. The second kappa shape index (κ2) is 13.6. The minimum absolute atomic E-state index is 0.149. The number of aromatic nitrogens is 1. The highest BCUT2D eigenvalue weighted by Gasteiger charge is 2.35. The number of aryl methyl sites for hydroxylation is 1. The lowest BCUT2D eigenvalue weighted by atomic mass is 9.94. The molecule has 9 nitrogen and oxygen atoms in total. The molecule has 244 valence electrons. The number of piperidine rings is 1. The van der Waals surface area contributed by atoms with Crippen LogP contribution in [0, 0.1) is 12.8 Å². The Morgan fingerprint density at radius 1 is 1.15 bits per heavy atom. The summed E-state index contributed by atoms with van der Waals surface area (Å²) in [7, 11) is 5.81. The molecule has 2 fully saturated rings. The Bertz CT molecular complexity index is 1910. The molecule has 48 heavy (non-hydrogen) atoms. The summed E-state index contributed by atoms with van der Waals surface area (Å²) in [5, 5.41) is 6.05. The highest BCUT2D eigenvalue weighted by Crippen LogP contribution is 2.46. The number of hydrogen-bond donors (Lipinski definition) is 2. The van der Waals surface area contributed by atoms with Crippen LogP contribution in [0.25, 0.3) is 10.2 Å². The molecule has 2 atom stereocenters. The van der Waals surface area contributed by atoms with Crippen LogP contribution in [0.2, 0.25) is 6.32 Å². The average molecular weight is 680 g/mol. The molecule has 1 saturated heterocycles. The van der Waals surface area contributed by atoms with Crippen molar-refractivity contribution in [1.82, 2.24) is 15.2 Å². The van der Waals surface area contributed by atoms with Gasteiger partial charge in [0.15, 0.2) is 0 Å². The van der Waals surface area contributed by atoms with E-state index in [9.17, 15) is 14.4 Å². The van der Waals surface area contributed by atoms with Gasteiger partial charge in [-0.3, -0.25) is 14.5 Å². The molecular formula is C36H35BClN5O4S. The number of benzene rings is 2. The highest BCUT2D eigenvalue weighted by atomic mass is 35.5. The van der Waals surface area contributed by atoms with E-state index >= 15 is 0 Å². The highest BCUT2D eigenvalue weighted by molar-refractivity contribution is 7.21. The number of nitrogens with zero attached hydrogens (tertiary/aromatic N) is 3. The summed E-state index contributed by atoms with van der Waals surface area (Å²) in [5.41, 5.74) is 3.51. The second-order valence-corrected chi connectivity index (χ2v) is 14.0. The van der Waals surface area contributed by atoms with E-state index in [0.717, 1.165) is 42.6 Å². The summed E-state index contributed by atoms with van der Waals surface area (Å²) < 4.78 is 5.99. The first-order valence-corrected chi connectivity index (χ1v) is 17.6. The van der Waals surface area contributed by atoms with E-state index in [4.69, 9.17) is 24.2 Å². The van der Waals surface area contributed by atoms with Crippen molar-refractivity contribution >= 4 is 75.9 Å². The van der Waals surface area contributed by atoms with E-state index in [-0.39, 0.29) is 23.9 Å². The molecule has 1 saturated carbocycles. The van der Waals surface area contributed by atoms with Crippen molar-refractivity contribution in [2.24, 2.45) is 5.92 Å². The summed E-state index contributed by atoms with van der Waals surface area (Å²) in [4.78, 5) is 49.8. The number of ether oxygens (including phenoxy) is 1. The first kappa shape index (κ1) is 32.2. The van der Waals surface area contributed by atoms with Crippen molar-refractivity contribution in [3.63, 3.8) is 0 Å². The summed E-state index contributed by atoms with van der Waals surface area (Å²) in [5.74, 6) is 1.40. The molecule has 1 aliphatic carbocycles. The zero-order chi connectivity index (χ0) is 33.4. The van der Waals surface area contributed by atoms with Gasteiger partial charge in [-0.1, -0.05) is 30.6 Å². The lowest BCUT2D eigenvalue weighted by Crippen LogP contribution is -2.51. The number of carbonyl (C=O) groups is 3. The molecule has 2 N–H and O–H groups in total. The van der Waals surface area contributed by atoms with Gasteiger partial charge in [-0.25, -0.2) is 9.78 Å². The molecule has 2 aromatic carbocycles. The molecule has 2 aliphatic heterocycles. The molecule has 1 unspecified atom stereocenters. The maximum absolute atomic E-state index is 13.8. The van der Waals surface area contributed by atoms with Gasteiger partial charge in [-0.2, -0.15) is 0 Å². The van der Waals surface area contributed by atoms with Gasteiger partial charge in [0.05, 0.1) is 30.3 Å². The number of allylic oxidation sites excluding steroid dienone is 1. The Balaban J connectivity index is 1.09. The SMILES string of the molecule is [B]CC/C(=C/C1CC1)C(Cl)C(=O)N1CCC[C@@H](NC(=O)c2sc3nccc4c3c2NC(=O)N4c2ccc(Oc3ccccc3)cc2C)C1. The van der Waals surface area contributed by atoms with E-state index < -0.39 is 5.38 Å². The number of anilines is 3. The number of amides is 4. The third kappa shape index (κ3) is 6.53. The third-order valence-corrected chi connectivity index (χ3v) is 10.5. The number of rotatable bonds is 10. The van der Waals surface area contributed by atoms with Crippen molar-refractivity contribution in [2.75, 3.05) is 23.3 Å². The molecule has 2 radical (unpaired) electrons. The van der Waals surface area contributed by atoms with Gasteiger partial charge in [-0.15, -0.1) is 22.9 Å². The van der Waals surface area contributed by atoms with Crippen LogP contribution in [-0.2, 0) is 4.79 Å². The van der Waals surface area contributed by atoms with Gasteiger partial charge in [-0.05, 0) is 92.5 Å². The average Bonchev–Trinajstić information content (AvgIpc) is 3.83. The Morgan fingerprint density at radius 3 is 2.71 bits per heavy atom. The Hall–Kier alpha value is -4.35. The number of hydrogen-bond acceptors (Lipinski definition) is 6. The van der Waals surface area contributed by atoms with Gasteiger partial charge in [0, 0.05) is 25.3 Å². The summed E-state index contributed by atoms with van der Waals surface area (Å²) in [6.07, 6.45) is 8.50. The van der Waals surface area contributed by atoms with Crippen LogP contribution in [0.1, 0.15) is 47.3 Å². The molecule has 4 aromatic rings. The summed E-state index contributed by atoms with van der Waals surface area (Å²) >= 11 is 7.93. The van der Waals surface area contributed by atoms with Gasteiger partial charge >= 0.3 is 6.03 Å². The molecule has 0 spiro atoms. The minimum Gasteiger partial charge on any atom is -0.457 e. The van der Waals surface area contributed by atoms with Crippen LogP contribution in [0.15, 0.2) is 72.4 Å². The maximum atomic E-state index is 13.8.